The van der Waals surface area contributed by atoms with Gasteiger partial charge in [-0.2, -0.15) is 0 Å². The van der Waals surface area contributed by atoms with E-state index in [0.717, 1.165) is 12.1 Å². The summed E-state index contributed by atoms with van der Waals surface area (Å²) in [5, 5.41) is 120. The van der Waals surface area contributed by atoms with E-state index < -0.39 is 247 Å². The molecule has 0 aliphatic rings. The first kappa shape index (κ1) is 64.1. The fourth-order valence-electron chi connectivity index (χ4n) is 8.01. The molecule has 7 rings (SSSR count). The van der Waals surface area contributed by atoms with Crippen molar-refractivity contribution in [2.24, 2.45) is 0 Å². The first-order valence-electron chi connectivity index (χ1n) is 24.3. The van der Waals surface area contributed by atoms with E-state index >= 15 is 0 Å². The summed E-state index contributed by atoms with van der Waals surface area (Å²) in [5.41, 5.74) is -14.0. The largest absolute Gasteiger partial charge is 0.489 e. The zero-order valence-electron chi connectivity index (χ0n) is 44.6. The van der Waals surface area contributed by atoms with Crippen molar-refractivity contribution in [3.8, 4) is 34.5 Å². The Bertz CT molecular complexity index is 3840. The molecule has 36 heteroatoms. The molecule has 0 aliphatic heterocycles. The van der Waals surface area contributed by atoms with Gasteiger partial charge in [-0.05, 0) is 0 Å². The van der Waals surface area contributed by atoms with Crippen LogP contribution >= 0.6 is 0 Å². The van der Waals surface area contributed by atoms with Crippen LogP contribution in [-0.4, -0.2) is 163 Å². The zero-order valence-corrected chi connectivity index (χ0v) is 44.6. The molecule has 0 aliphatic carbocycles. The Labute approximate surface area is 496 Å². The first-order valence-corrected chi connectivity index (χ1v) is 24.3. The highest BCUT2D eigenvalue weighted by molar-refractivity contribution is 5.98. The Morgan fingerprint density at radius 2 is 0.400 bits per heavy atom. The van der Waals surface area contributed by atoms with E-state index in [0.29, 0.717) is 60.9 Å². The summed E-state index contributed by atoms with van der Waals surface area (Å²) < 4.78 is 36.5. The monoisotopic (exact) mass is 1250 g/mol. The number of pyridine rings is 6. The summed E-state index contributed by atoms with van der Waals surface area (Å²) in [6, 6.07) is 7.14. The maximum atomic E-state index is 12.7. The summed E-state index contributed by atoms with van der Waals surface area (Å²) in [6.45, 7) is -6.70. The molecule has 0 fully saturated rings. The molecule has 0 atom stereocenters. The van der Waals surface area contributed by atoms with Crippen molar-refractivity contribution in [2.45, 2.75) is 39.6 Å². The predicted octanol–water partition coefficient (Wildman–Crippen LogP) is 3.91. The van der Waals surface area contributed by atoms with Crippen molar-refractivity contribution in [1.29, 1.82) is 0 Å². The minimum atomic E-state index is -1.85. The lowest BCUT2D eigenvalue weighted by molar-refractivity contribution is 0.0662. The maximum absolute atomic E-state index is 12.7. The third kappa shape index (κ3) is 15.3. The molecule has 7 aromatic rings. The number of aromatic carboxylic acids is 12. The van der Waals surface area contributed by atoms with E-state index in [1.165, 1.54) is 0 Å². The van der Waals surface area contributed by atoms with Gasteiger partial charge in [0.25, 0.3) is 0 Å². The van der Waals surface area contributed by atoms with Crippen LogP contribution in [0.25, 0.3) is 0 Å². The second-order valence-electron chi connectivity index (χ2n) is 17.7. The fourth-order valence-corrected chi connectivity index (χ4v) is 8.01. The second-order valence-corrected chi connectivity index (χ2v) is 17.7. The van der Waals surface area contributed by atoms with E-state index in [-0.39, 0.29) is 0 Å². The number of hydrogen-bond acceptors (Lipinski definition) is 24. The molecule has 0 bridgehead atoms. The van der Waals surface area contributed by atoms with Crippen molar-refractivity contribution < 1.29 is 147 Å². The van der Waals surface area contributed by atoms with Gasteiger partial charge in [0.1, 0.15) is 79.5 Å². The molecular weight excluding hydrogens is 1210 g/mol. The van der Waals surface area contributed by atoms with E-state index in [1.54, 1.807) is 0 Å². The highest BCUT2D eigenvalue weighted by Crippen LogP contribution is 2.37. The van der Waals surface area contributed by atoms with Crippen molar-refractivity contribution in [3.05, 3.63) is 175 Å². The number of nitrogens with zero attached hydrogens (tertiary/aromatic N) is 6. The summed E-state index contributed by atoms with van der Waals surface area (Å²) in [5.74, 6) is -25.9. The Balaban J connectivity index is 1.67. The van der Waals surface area contributed by atoms with Crippen LogP contribution in [0.5, 0.6) is 34.5 Å². The number of hydrogen-bond donors (Lipinski definition) is 12. The van der Waals surface area contributed by atoms with Gasteiger partial charge in [0.05, 0.1) is 0 Å². The van der Waals surface area contributed by atoms with Crippen molar-refractivity contribution in [3.63, 3.8) is 0 Å². The molecule has 6 heterocycles. The number of benzene rings is 1. The van der Waals surface area contributed by atoms with Gasteiger partial charge in [-0.15, -0.1) is 0 Å². The molecule has 0 amide bonds. The van der Waals surface area contributed by atoms with Gasteiger partial charge >= 0.3 is 71.6 Å². The van der Waals surface area contributed by atoms with Gasteiger partial charge in [0.15, 0.2) is 62.7 Å². The summed E-state index contributed by atoms with van der Waals surface area (Å²) in [4.78, 5) is 170. The maximum Gasteiger partial charge on any atom is 0.354 e. The highest BCUT2D eigenvalue weighted by Gasteiger charge is 2.31. The van der Waals surface area contributed by atoms with Gasteiger partial charge < -0.3 is 89.7 Å². The van der Waals surface area contributed by atoms with Gasteiger partial charge in [-0.25, -0.2) is 82.5 Å². The van der Waals surface area contributed by atoms with Crippen LogP contribution in [-0.2, 0) is 39.6 Å². The molecule has 0 saturated carbocycles. The number of rotatable bonds is 30. The van der Waals surface area contributed by atoms with Crippen molar-refractivity contribution >= 4 is 71.6 Å². The Kier molecular flexibility index (Phi) is 19.3. The lowest BCUT2D eigenvalue weighted by Gasteiger charge is -2.28. The molecule has 6 aromatic heterocycles. The van der Waals surface area contributed by atoms with Crippen molar-refractivity contribution in [2.75, 3.05) is 0 Å². The number of aromatic nitrogens is 6. The fraction of sp³-hybridized carbons (Fsp3) is 0.111. The van der Waals surface area contributed by atoms with Crippen LogP contribution in [0, 0.1) is 0 Å². The van der Waals surface area contributed by atoms with Crippen LogP contribution in [0.15, 0.2) is 73.1 Å². The number of carboxylic acid groups (broad SMARTS) is 12. The van der Waals surface area contributed by atoms with Gasteiger partial charge in [0.2, 0.25) is 0 Å². The van der Waals surface area contributed by atoms with E-state index in [1.807, 2.05) is 0 Å². The standard InChI is InChI=1S/C54H36N6O30/c61-43(62)24-11-55-12-25(44(63)64)42(24)90-18-31-29(16-88-22-7-38(51(77)78)59-39(8-22)52(79)80)27(14-86-20-3-34(47(69)70)57-35(4-20)48(71)72)26(13-85-19-1-32(45(65)66)56-33(2-19)46(67)68)28(15-87-21-5-36(49(73)74)58-37(6-21)50(75)76)30(31)17-89-23-9-40(53(81)82)60-41(10-23)54(83)84/h1-12H,13-18H2,(H,61,62)(H,63,64)(H,65,66)(H,67,68)(H,69,70)(H,71,72)(H,73,74)(H,75,76)(H,77,78)(H,79,80)(H,81,82)(H,83,84). The molecule has 1 aromatic carbocycles. The SMILES string of the molecule is O=C(O)c1cc(OCc2c(COc3cc(C(=O)O)nc(C(=O)O)c3)c(COc3cc(C(=O)O)nc(C(=O)O)c3)c(COc3c(C(=O)O)cncc3C(=O)O)c(COc3cc(C(=O)O)nc(C(=O)O)c3)c2COc2cc(C(=O)O)nc(C(=O)O)c2)cc(C(=O)O)n1. The normalized spacial score (nSPS) is 10.7. The van der Waals surface area contributed by atoms with E-state index in [4.69, 9.17) is 28.4 Å². The molecule has 90 heavy (non-hydrogen) atoms. The summed E-state index contributed by atoms with van der Waals surface area (Å²) in [7, 11) is 0. The summed E-state index contributed by atoms with van der Waals surface area (Å²) in [6.07, 6.45) is 1.32. The lowest BCUT2D eigenvalue weighted by atomic mass is 9.87. The smallest absolute Gasteiger partial charge is 0.354 e. The zero-order chi connectivity index (χ0) is 66.0. The minimum Gasteiger partial charge on any atom is -0.489 e. The van der Waals surface area contributed by atoms with E-state index in [9.17, 15) is 119 Å². The average molecular weight is 1250 g/mol. The van der Waals surface area contributed by atoms with Crippen LogP contribution in [0.2, 0.25) is 0 Å². The topological polar surface area (TPSA) is 580 Å². The Morgan fingerprint density at radius 1 is 0.244 bits per heavy atom. The molecule has 36 nitrogen and oxygen atoms in total. The van der Waals surface area contributed by atoms with Crippen LogP contribution < -0.4 is 28.4 Å². The molecule has 0 radical (unpaired) electrons. The van der Waals surface area contributed by atoms with Gasteiger partial charge in [-0.1, -0.05) is 0 Å². The second kappa shape index (κ2) is 27.1. The number of carbonyl (C=O) groups is 12. The molecule has 0 saturated heterocycles. The van der Waals surface area contributed by atoms with Crippen molar-refractivity contribution in [1.82, 2.24) is 29.9 Å². The Morgan fingerprint density at radius 3 is 0.544 bits per heavy atom. The van der Waals surface area contributed by atoms with E-state index in [2.05, 4.69) is 29.9 Å². The summed E-state index contributed by atoms with van der Waals surface area (Å²) >= 11 is 0. The quantitative estimate of drug-likeness (QED) is 0.0304. The third-order valence-electron chi connectivity index (χ3n) is 12.0. The molecular formula is C54H36N6O30. The van der Waals surface area contributed by atoms with Crippen LogP contribution in [0.4, 0.5) is 0 Å². The highest BCUT2D eigenvalue weighted by atomic mass is 16.5. The van der Waals surface area contributed by atoms with Gasteiger partial charge in [0, 0.05) is 106 Å². The average Bonchev–Trinajstić information content (AvgIpc) is 1.12. The molecule has 0 spiro atoms. The molecule has 12 N–H and O–H groups in total. The number of ether oxygens (including phenoxy) is 6. The van der Waals surface area contributed by atoms with Gasteiger partial charge in [-0.3, -0.25) is 4.98 Å². The third-order valence-corrected chi connectivity index (χ3v) is 12.0. The molecule has 462 valence electrons. The predicted molar refractivity (Wildman–Crippen MR) is 281 cm³/mol. The first-order chi connectivity index (χ1) is 42.5. The minimum absolute atomic E-state index is 0.431. The Hall–Kier alpha value is -13.4. The lowest BCUT2D eigenvalue weighted by Crippen LogP contribution is -2.22. The van der Waals surface area contributed by atoms with Crippen LogP contribution in [0.3, 0.4) is 0 Å². The molecule has 0 unspecified atom stereocenters. The van der Waals surface area contributed by atoms with Crippen LogP contribution in [0.1, 0.15) is 159 Å². The number of carboxylic acids is 12.